The summed E-state index contributed by atoms with van der Waals surface area (Å²) in [6.45, 7) is 3.74. The Bertz CT molecular complexity index is 728. The molecule has 0 bridgehead atoms. The summed E-state index contributed by atoms with van der Waals surface area (Å²) < 4.78 is 2.26. The van der Waals surface area contributed by atoms with Gasteiger partial charge in [-0.05, 0) is 43.7 Å². The lowest BCUT2D eigenvalue weighted by Crippen LogP contribution is -2.03. The monoisotopic (exact) mass is 265 g/mol. The Kier molecular flexibility index (Phi) is 3.52. The SMILES string of the molecule is CCn1c(-c2cccc(CCN)c2)nc2ccccc21. The lowest BCUT2D eigenvalue weighted by Gasteiger charge is -2.07. The first-order valence-corrected chi connectivity index (χ1v) is 7.08. The predicted molar refractivity (Wildman–Crippen MR) is 83.6 cm³/mol. The van der Waals surface area contributed by atoms with Crippen molar-refractivity contribution in [1.29, 1.82) is 0 Å². The molecule has 102 valence electrons. The zero-order valence-corrected chi connectivity index (χ0v) is 11.7. The summed E-state index contributed by atoms with van der Waals surface area (Å²) in [5.74, 6) is 1.03. The van der Waals surface area contributed by atoms with Gasteiger partial charge in [-0.25, -0.2) is 4.98 Å². The molecule has 3 nitrogen and oxygen atoms in total. The van der Waals surface area contributed by atoms with E-state index in [1.165, 1.54) is 11.1 Å². The molecule has 3 heteroatoms. The van der Waals surface area contributed by atoms with Gasteiger partial charge in [0.05, 0.1) is 11.0 Å². The Hall–Kier alpha value is -2.13. The molecule has 0 fully saturated rings. The van der Waals surface area contributed by atoms with Crippen molar-refractivity contribution in [1.82, 2.24) is 9.55 Å². The van der Waals surface area contributed by atoms with E-state index in [9.17, 15) is 0 Å². The van der Waals surface area contributed by atoms with E-state index in [2.05, 4.69) is 54.0 Å². The number of nitrogens with zero attached hydrogens (tertiary/aromatic N) is 2. The normalized spacial score (nSPS) is 11.1. The number of hydrogen-bond acceptors (Lipinski definition) is 2. The number of nitrogens with two attached hydrogens (primary N) is 1. The standard InChI is InChI=1S/C17H19N3/c1-2-20-16-9-4-3-8-15(16)19-17(20)14-7-5-6-13(12-14)10-11-18/h3-9,12H,2,10-11,18H2,1H3. The average molecular weight is 265 g/mol. The highest BCUT2D eigenvalue weighted by Gasteiger charge is 2.11. The molecule has 0 spiro atoms. The minimum absolute atomic E-state index is 0.674. The molecule has 1 heterocycles. The summed E-state index contributed by atoms with van der Waals surface area (Å²) in [5, 5.41) is 0. The fourth-order valence-corrected chi connectivity index (χ4v) is 2.65. The van der Waals surface area contributed by atoms with Crippen molar-refractivity contribution in [2.45, 2.75) is 19.9 Å². The van der Waals surface area contributed by atoms with Crippen LogP contribution >= 0.6 is 0 Å². The van der Waals surface area contributed by atoms with Gasteiger partial charge in [0.2, 0.25) is 0 Å². The van der Waals surface area contributed by atoms with Crippen LogP contribution in [0.25, 0.3) is 22.4 Å². The van der Waals surface area contributed by atoms with Gasteiger partial charge in [-0.2, -0.15) is 0 Å². The highest BCUT2D eigenvalue weighted by atomic mass is 15.1. The third kappa shape index (κ3) is 2.21. The molecule has 3 aromatic rings. The van der Waals surface area contributed by atoms with E-state index >= 15 is 0 Å². The minimum atomic E-state index is 0.674. The highest BCUT2D eigenvalue weighted by Crippen LogP contribution is 2.25. The molecule has 0 aliphatic carbocycles. The minimum Gasteiger partial charge on any atom is -0.330 e. The molecule has 2 aromatic carbocycles. The van der Waals surface area contributed by atoms with Crippen LogP contribution in [0.1, 0.15) is 12.5 Å². The maximum absolute atomic E-state index is 5.65. The maximum Gasteiger partial charge on any atom is 0.141 e. The van der Waals surface area contributed by atoms with Crippen LogP contribution in [-0.2, 0) is 13.0 Å². The van der Waals surface area contributed by atoms with Gasteiger partial charge in [-0.15, -0.1) is 0 Å². The second-order valence-electron chi connectivity index (χ2n) is 4.91. The Morgan fingerprint density at radius 2 is 1.95 bits per heavy atom. The molecule has 0 amide bonds. The Labute approximate surface area is 119 Å². The maximum atomic E-state index is 5.65. The molecule has 0 atom stereocenters. The second-order valence-corrected chi connectivity index (χ2v) is 4.91. The van der Waals surface area contributed by atoms with E-state index in [4.69, 9.17) is 10.7 Å². The molecular formula is C17H19N3. The van der Waals surface area contributed by atoms with E-state index in [0.29, 0.717) is 6.54 Å². The summed E-state index contributed by atoms with van der Waals surface area (Å²) >= 11 is 0. The Balaban J connectivity index is 2.16. The van der Waals surface area contributed by atoms with Gasteiger partial charge in [-0.3, -0.25) is 0 Å². The lowest BCUT2D eigenvalue weighted by atomic mass is 10.1. The number of rotatable bonds is 4. The fraction of sp³-hybridized carbons (Fsp3) is 0.235. The quantitative estimate of drug-likeness (QED) is 0.787. The molecule has 0 saturated heterocycles. The molecule has 3 rings (SSSR count). The molecule has 0 aliphatic rings. The first-order valence-electron chi connectivity index (χ1n) is 7.08. The molecule has 20 heavy (non-hydrogen) atoms. The fourth-order valence-electron chi connectivity index (χ4n) is 2.65. The average Bonchev–Trinajstić information content (AvgIpc) is 2.86. The van der Waals surface area contributed by atoms with Crippen molar-refractivity contribution in [2.75, 3.05) is 6.54 Å². The highest BCUT2D eigenvalue weighted by molar-refractivity contribution is 5.80. The van der Waals surface area contributed by atoms with Gasteiger partial charge in [-0.1, -0.05) is 30.3 Å². The predicted octanol–water partition coefficient (Wildman–Crippen LogP) is 3.22. The van der Waals surface area contributed by atoms with Crippen molar-refractivity contribution < 1.29 is 0 Å². The van der Waals surface area contributed by atoms with Gasteiger partial charge in [0, 0.05) is 12.1 Å². The molecule has 0 aliphatic heterocycles. The van der Waals surface area contributed by atoms with Gasteiger partial charge in [0.1, 0.15) is 5.82 Å². The van der Waals surface area contributed by atoms with Crippen molar-refractivity contribution in [3.8, 4) is 11.4 Å². The third-order valence-electron chi connectivity index (χ3n) is 3.59. The van der Waals surface area contributed by atoms with E-state index in [1.807, 2.05) is 6.07 Å². The van der Waals surface area contributed by atoms with Gasteiger partial charge < -0.3 is 10.3 Å². The van der Waals surface area contributed by atoms with Crippen LogP contribution in [0, 0.1) is 0 Å². The lowest BCUT2D eigenvalue weighted by molar-refractivity contribution is 0.796. The van der Waals surface area contributed by atoms with E-state index in [0.717, 1.165) is 29.9 Å². The Morgan fingerprint density at radius 1 is 1.10 bits per heavy atom. The first-order chi connectivity index (χ1) is 9.83. The van der Waals surface area contributed by atoms with Crippen molar-refractivity contribution in [2.24, 2.45) is 5.73 Å². The van der Waals surface area contributed by atoms with Crippen LogP contribution in [0.15, 0.2) is 48.5 Å². The van der Waals surface area contributed by atoms with Crippen LogP contribution in [0.5, 0.6) is 0 Å². The van der Waals surface area contributed by atoms with E-state index in [1.54, 1.807) is 0 Å². The van der Waals surface area contributed by atoms with Crippen LogP contribution in [0.3, 0.4) is 0 Å². The number of hydrogen-bond donors (Lipinski definition) is 1. The van der Waals surface area contributed by atoms with Gasteiger partial charge >= 0.3 is 0 Å². The van der Waals surface area contributed by atoms with Crippen LogP contribution < -0.4 is 5.73 Å². The number of fused-ring (bicyclic) bond motifs is 1. The first kappa shape index (κ1) is 12.9. The summed E-state index contributed by atoms with van der Waals surface area (Å²) in [7, 11) is 0. The van der Waals surface area contributed by atoms with Gasteiger partial charge in [0.15, 0.2) is 0 Å². The van der Waals surface area contributed by atoms with E-state index < -0.39 is 0 Å². The van der Waals surface area contributed by atoms with Gasteiger partial charge in [0.25, 0.3) is 0 Å². The molecule has 0 unspecified atom stereocenters. The number of para-hydroxylation sites is 2. The summed E-state index contributed by atoms with van der Waals surface area (Å²) in [4.78, 5) is 4.79. The van der Waals surface area contributed by atoms with E-state index in [-0.39, 0.29) is 0 Å². The van der Waals surface area contributed by atoms with Crippen LogP contribution in [-0.4, -0.2) is 16.1 Å². The Morgan fingerprint density at radius 3 is 2.75 bits per heavy atom. The smallest absolute Gasteiger partial charge is 0.141 e. The van der Waals surface area contributed by atoms with Crippen molar-refractivity contribution in [3.05, 3.63) is 54.1 Å². The zero-order valence-electron chi connectivity index (χ0n) is 11.7. The number of imidazole rings is 1. The number of aromatic nitrogens is 2. The van der Waals surface area contributed by atoms with Crippen LogP contribution in [0.4, 0.5) is 0 Å². The van der Waals surface area contributed by atoms with Crippen molar-refractivity contribution in [3.63, 3.8) is 0 Å². The summed E-state index contributed by atoms with van der Waals surface area (Å²) in [6.07, 6.45) is 0.903. The van der Waals surface area contributed by atoms with Crippen LogP contribution in [0.2, 0.25) is 0 Å². The molecule has 2 N–H and O–H groups in total. The topological polar surface area (TPSA) is 43.8 Å². The summed E-state index contributed by atoms with van der Waals surface area (Å²) in [6, 6.07) is 16.8. The number of aryl methyl sites for hydroxylation is 1. The third-order valence-corrected chi connectivity index (χ3v) is 3.59. The molecule has 1 aromatic heterocycles. The van der Waals surface area contributed by atoms with Crippen molar-refractivity contribution >= 4 is 11.0 Å². The molecule has 0 saturated carbocycles. The largest absolute Gasteiger partial charge is 0.330 e. The summed E-state index contributed by atoms with van der Waals surface area (Å²) in [5.41, 5.74) is 10.3. The second kappa shape index (κ2) is 5.47. The number of benzene rings is 2. The zero-order chi connectivity index (χ0) is 13.9. The molecular weight excluding hydrogens is 246 g/mol. The molecule has 0 radical (unpaired) electrons.